The summed E-state index contributed by atoms with van der Waals surface area (Å²) in [7, 11) is 3.61. The molecule has 0 bridgehead atoms. The van der Waals surface area contributed by atoms with Crippen LogP contribution in [0.3, 0.4) is 0 Å². The van der Waals surface area contributed by atoms with E-state index in [1.54, 1.807) is 7.11 Å². The number of aryl methyl sites for hydroxylation is 1. The summed E-state index contributed by atoms with van der Waals surface area (Å²) in [6.07, 6.45) is 0. The van der Waals surface area contributed by atoms with Crippen molar-refractivity contribution in [2.24, 2.45) is 0 Å². The summed E-state index contributed by atoms with van der Waals surface area (Å²) in [5.74, 6) is 0.608. The number of ether oxygens (including phenoxy) is 1. The molecular formula is C22H27N4O2+. The summed E-state index contributed by atoms with van der Waals surface area (Å²) in [6, 6.07) is 17.5. The molecule has 3 aromatic rings. The maximum Gasteiger partial charge on any atom is 0.279 e. The minimum absolute atomic E-state index is 0.0484. The first-order valence-corrected chi connectivity index (χ1v) is 9.34. The highest BCUT2D eigenvalue weighted by Gasteiger charge is 2.18. The van der Waals surface area contributed by atoms with E-state index in [1.807, 2.05) is 73.3 Å². The molecule has 146 valence electrons. The van der Waals surface area contributed by atoms with Gasteiger partial charge in [-0.2, -0.15) is 5.10 Å². The van der Waals surface area contributed by atoms with E-state index >= 15 is 0 Å². The van der Waals surface area contributed by atoms with Crippen LogP contribution in [-0.2, 0) is 11.3 Å². The molecule has 28 heavy (non-hydrogen) atoms. The van der Waals surface area contributed by atoms with Crippen molar-refractivity contribution in [3.63, 3.8) is 0 Å². The van der Waals surface area contributed by atoms with Gasteiger partial charge >= 0.3 is 0 Å². The molecule has 0 aliphatic carbocycles. The van der Waals surface area contributed by atoms with Gasteiger partial charge in [0.25, 0.3) is 5.91 Å². The molecule has 2 N–H and O–H groups in total. The van der Waals surface area contributed by atoms with Gasteiger partial charge in [0.15, 0.2) is 6.54 Å². The first-order valence-electron chi connectivity index (χ1n) is 9.34. The molecule has 6 heteroatoms. The average molecular weight is 379 g/mol. The van der Waals surface area contributed by atoms with Crippen LogP contribution in [0.4, 0.5) is 5.69 Å². The Morgan fingerprint density at radius 3 is 2.50 bits per heavy atom. The second-order valence-electron chi connectivity index (χ2n) is 6.96. The number of nitrogens with one attached hydrogen (secondary N) is 2. The van der Waals surface area contributed by atoms with Crippen LogP contribution in [0.1, 0.15) is 17.0 Å². The molecule has 0 fully saturated rings. The molecule has 1 atom stereocenters. The average Bonchev–Trinajstić information content (AvgIpc) is 2.97. The lowest BCUT2D eigenvalue weighted by molar-refractivity contribution is -0.885. The highest BCUT2D eigenvalue weighted by molar-refractivity contribution is 5.92. The fourth-order valence-electron chi connectivity index (χ4n) is 3.33. The largest absolute Gasteiger partial charge is 0.495 e. The SMILES string of the molecule is COc1ccccc1NC(=O)C[NH+](C)Cc1c(C)nn(-c2ccccc2)c1C. The zero-order valence-corrected chi connectivity index (χ0v) is 16.8. The number of likely N-dealkylation sites (N-methyl/N-ethyl adjacent to an activating group) is 1. The number of carbonyl (C=O) groups excluding carboxylic acids is 1. The molecule has 0 aliphatic rings. The molecule has 0 saturated carbocycles. The molecule has 0 spiro atoms. The molecule has 1 unspecified atom stereocenters. The lowest BCUT2D eigenvalue weighted by atomic mass is 10.2. The molecule has 0 radical (unpaired) electrons. The van der Waals surface area contributed by atoms with Crippen molar-refractivity contribution >= 4 is 11.6 Å². The van der Waals surface area contributed by atoms with Gasteiger partial charge in [-0.05, 0) is 38.1 Å². The molecule has 1 heterocycles. The summed E-state index contributed by atoms with van der Waals surface area (Å²) < 4.78 is 7.26. The van der Waals surface area contributed by atoms with E-state index in [-0.39, 0.29) is 5.91 Å². The Balaban J connectivity index is 1.67. The maximum absolute atomic E-state index is 12.5. The highest BCUT2D eigenvalue weighted by atomic mass is 16.5. The van der Waals surface area contributed by atoms with Crippen molar-refractivity contribution in [3.05, 3.63) is 71.5 Å². The number of nitrogens with zero attached hydrogens (tertiary/aromatic N) is 2. The summed E-state index contributed by atoms with van der Waals surface area (Å²) in [5.41, 5.74) is 5.00. The zero-order chi connectivity index (χ0) is 20.1. The second kappa shape index (κ2) is 8.71. The molecule has 6 nitrogen and oxygen atoms in total. The zero-order valence-electron chi connectivity index (χ0n) is 16.8. The molecule has 1 aromatic heterocycles. The first kappa shape index (κ1) is 19.6. The Bertz CT molecular complexity index is 950. The van der Waals surface area contributed by atoms with Gasteiger partial charge in [0, 0.05) is 0 Å². The molecule has 1 amide bonds. The minimum atomic E-state index is -0.0484. The fraction of sp³-hybridized carbons (Fsp3) is 0.273. The normalized spacial score (nSPS) is 11.9. The third-order valence-corrected chi connectivity index (χ3v) is 4.76. The topological polar surface area (TPSA) is 60.6 Å². The Morgan fingerprint density at radius 1 is 1.11 bits per heavy atom. The smallest absolute Gasteiger partial charge is 0.279 e. The van der Waals surface area contributed by atoms with E-state index in [9.17, 15) is 4.79 Å². The van der Waals surface area contributed by atoms with Crippen LogP contribution in [0.2, 0.25) is 0 Å². The van der Waals surface area contributed by atoms with Crippen LogP contribution in [-0.4, -0.2) is 36.4 Å². The Hall–Kier alpha value is -3.12. The second-order valence-corrected chi connectivity index (χ2v) is 6.96. The molecule has 0 saturated heterocycles. The third kappa shape index (κ3) is 4.40. The summed E-state index contributed by atoms with van der Waals surface area (Å²) in [6.45, 7) is 5.17. The molecule has 3 rings (SSSR count). The van der Waals surface area contributed by atoms with Crippen LogP contribution >= 0.6 is 0 Å². The van der Waals surface area contributed by atoms with Crippen molar-refractivity contribution in [1.82, 2.24) is 9.78 Å². The van der Waals surface area contributed by atoms with Gasteiger partial charge in [-0.1, -0.05) is 30.3 Å². The van der Waals surface area contributed by atoms with Crippen LogP contribution in [0.25, 0.3) is 5.69 Å². The lowest BCUT2D eigenvalue weighted by Gasteiger charge is -2.15. The van der Waals surface area contributed by atoms with Crippen molar-refractivity contribution in [1.29, 1.82) is 0 Å². The molecular weight excluding hydrogens is 352 g/mol. The van der Waals surface area contributed by atoms with Gasteiger partial charge in [-0.3, -0.25) is 4.79 Å². The number of hydrogen-bond donors (Lipinski definition) is 2. The first-order chi connectivity index (χ1) is 13.5. The number of benzene rings is 2. The van der Waals surface area contributed by atoms with E-state index in [2.05, 4.69) is 17.3 Å². The number of aromatic nitrogens is 2. The third-order valence-electron chi connectivity index (χ3n) is 4.76. The number of hydrogen-bond acceptors (Lipinski definition) is 3. The predicted octanol–water partition coefficient (Wildman–Crippen LogP) is 2.15. The molecule has 2 aromatic carbocycles. The minimum Gasteiger partial charge on any atom is -0.495 e. The quantitative estimate of drug-likeness (QED) is 0.661. The Morgan fingerprint density at radius 2 is 1.79 bits per heavy atom. The van der Waals surface area contributed by atoms with Gasteiger partial charge in [0.05, 0.1) is 42.5 Å². The number of carbonyl (C=O) groups is 1. The van der Waals surface area contributed by atoms with Crippen molar-refractivity contribution in [2.45, 2.75) is 20.4 Å². The maximum atomic E-state index is 12.5. The van der Waals surface area contributed by atoms with Crippen LogP contribution < -0.4 is 15.0 Å². The van der Waals surface area contributed by atoms with E-state index in [0.29, 0.717) is 18.0 Å². The fourth-order valence-corrected chi connectivity index (χ4v) is 3.33. The number of rotatable bonds is 7. The predicted molar refractivity (Wildman–Crippen MR) is 110 cm³/mol. The van der Waals surface area contributed by atoms with Gasteiger partial charge in [0.1, 0.15) is 12.3 Å². The van der Waals surface area contributed by atoms with E-state index in [0.717, 1.165) is 28.5 Å². The van der Waals surface area contributed by atoms with Crippen LogP contribution in [0.5, 0.6) is 5.75 Å². The van der Waals surface area contributed by atoms with Gasteiger partial charge in [0.2, 0.25) is 0 Å². The number of anilines is 1. The Kier molecular flexibility index (Phi) is 6.11. The van der Waals surface area contributed by atoms with E-state index < -0.39 is 0 Å². The van der Waals surface area contributed by atoms with Crippen LogP contribution in [0, 0.1) is 13.8 Å². The van der Waals surface area contributed by atoms with Gasteiger partial charge < -0.3 is 15.0 Å². The lowest BCUT2D eigenvalue weighted by Crippen LogP contribution is -3.08. The van der Waals surface area contributed by atoms with Crippen molar-refractivity contribution in [3.8, 4) is 11.4 Å². The van der Waals surface area contributed by atoms with E-state index in [4.69, 9.17) is 4.74 Å². The summed E-state index contributed by atoms with van der Waals surface area (Å²) in [4.78, 5) is 13.6. The van der Waals surface area contributed by atoms with Crippen molar-refractivity contribution in [2.75, 3.05) is 26.0 Å². The van der Waals surface area contributed by atoms with Crippen molar-refractivity contribution < 1.29 is 14.4 Å². The van der Waals surface area contributed by atoms with E-state index in [1.165, 1.54) is 5.56 Å². The van der Waals surface area contributed by atoms with Gasteiger partial charge in [-0.25, -0.2) is 4.68 Å². The Labute approximate surface area is 165 Å². The monoisotopic (exact) mass is 379 g/mol. The number of para-hydroxylation sites is 3. The molecule has 0 aliphatic heterocycles. The number of methoxy groups -OCH3 is 1. The number of quaternary nitrogens is 1. The summed E-state index contributed by atoms with van der Waals surface area (Å²) in [5, 5.41) is 7.62. The highest BCUT2D eigenvalue weighted by Crippen LogP contribution is 2.22. The standard InChI is InChI=1S/C22H26N4O2/c1-16-19(17(2)26(24-16)18-10-6-5-7-11-18)14-25(3)15-22(27)23-20-12-8-9-13-21(20)28-4/h5-13H,14-15H2,1-4H3,(H,23,27)/p+1. The summed E-state index contributed by atoms with van der Waals surface area (Å²) >= 11 is 0. The van der Waals surface area contributed by atoms with Crippen LogP contribution in [0.15, 0.2) is 54.6 Å². The number of amides is 1. The van der Waals surface area contributed by atoms with Gasteiger partial charge in [-0.15, -0.1) is 0 Å².